The topological polar surface area (TPSA) is 39.4 Å². The first-order chi connectivity index (χ1) is 11.0. The minimum absolute atomic E-state index is 0.335. The van der Waals surface area contributed by atoms with Crippen molar-refractivity contribution < 1.29 is 13.9 Å². The quantitative estimate of drug-likeness (QED) is 0.614. The van der Waals surface area contributed by atoms with Crippen LogP contribution in [-0.4, -0.2) is 12.6 Å². The first-order valence-corrected chi connectivity index (χ1v) is 7.55. The van der Waals surface area contributed by atoms with E-state index in [9.17, 15) is 4.79 Å². The Morgan fingerprint density at radius 2 is 1.91 bits per heavy atom. The van der Waals surface area contributed by atoms with Crippen LogP contribution in [0.25, 0.3) is 5.57 Å². The number of aryl methyl sites for hydroxylation is 1. The molecule has 3 heteroatoms. The summed E-state index contributed by atoms with van der Waals surface area (Å²) >= 11 is 0. The van der Waals surface area contributed by atoms with Gasteiger partial charge in [0, 0.05) is 5.56 Å². The van der Waals surface area contributed by atoms with Crippen LogP contribution in [0, 0.1) is 18.8 Å². The van der Waals surface area contributed by atoms with E-state index in [0.717, 1.165) is 16.7 Å². The second kappa shape index (κ2) is 7.51. The van der Waals surface area contributed by atoms with E-state index in [1.807, 2.05) is 44.2 Å². The molecule has 1 aromatic heterocycles. The van der Waals surface area contributed by atoms with Crippen molar-refractivity contribution in [2.24, 2.45) is 0 Å². The van der Waals surface area contributed by atoms with Crippen molar-refractivity contribution in [3.63, 3.8) is 0 Å². The van der Waals surface area contributed by atoms with Crippen molar-refractivity contribution >= 4 is 11.5 Å². The monoisotopic (exact) mass is 308 g/mol. The molecule has 2 rings (SSSR count). The van der Waals surface area contributed by atoms with E-state index in [2.05, 4.69) is 11.8 Å². The first kappa shape index (κ1) is 16.6. The summed E-state index contributed by atoms with van der Waals surface area (Å²) in [5.74, 6) is 7.03. The molecule has 0 aliphatic heterocycles. The zero-order chi connectivity index (χ0) is 16.8. The zero-order valence-electron chi connectivity index (χ0n) is 13.9. The maximum Gasteiger partial charge on any atom is 0.341 e. The highest BCUT2D eigenvalue weighted by molar-refractivity contribution is 5.92. The molecule has 23 heavy (non-hydrogen) atoms. The van der Waals surface area contributed by atoms with E-state index in [1.54, 1.807) is 19.9 Å². The van der Waals surface area contributed by atoms with Crippen LogP contribution in [0.5, 0.6) is 0 Å². The van der Waals surface area contributed by atoms with Gasteiger partial charge >= 0.3 is 5.97 Å². The smallest absolute Gasteiger partial charge is 0.341 e. The number of allylic oxidation sites excluding steroid dienone is 2. The van der Waals surface area contributed by atoms with Gasteiger partial charge in [-0.15, -0.1) is 0 Å². The first-order valence-electron chi connectivity index (χ1n) is 7.55. The number of hydrogen-bond donors (Lipinski definition) is 0. The minimum Gasteiger partial charge on any atom is -0.462 e. The molecule has 0 radical (unpaired) electrons. The Hall–Kier alpha value is -2.73. The number of esters is 1. The molecule has 0 bridgehead atoms. The van der Waals surface area contributed by atoms with Gasteiger partial charge in [0.15, 0.2) is 0 Å². The van der Waals surface area contributed by atoms with Crippen LogP contribution >= 0.6 is 0 Å². The largest absolute Gasteiger partial charge is 0.462 e. The van der Waals surface area contributed by atoms with Crippen molar-refractivity contribution in [2.45, 2.75) is 27.7 Å². The molecular formula is C20H20O3. The average molecular weight is 308 g/mol. The SMILES string of the molecule is CCOC(=O)c1cc(C(C#Cc2ccccc2)=C(C)C)oc1C. The maximum atomic E-state index is 11.9. The van der Waals surface area contributed by atoms with Gasteiger partial charge in [-0.1, -0.05) is 35.6 Å². The van der Waals surface area contributed by atoms with E-state index in [4.69, 9.17) is 9.15 Å². The fourth-order valence-corrected chi connectivity index (χ4v) is 2.11. The Kier molecular flexibility index (Phi) is 5.43. The lowest BCUT2D eigenvalue weighted by Gasteiger charge is -1.98. The Morgan fingerprint density at radius 3 is 2.52 bits per heavy atom. The lowest BCUT2D eigenvalue weighted by molar-refractivity contribution is 0.0524. The summed E-state index contributed by atoms with van der Waals surface area (Å²) in [5.41, 5.74) is 3.19. The molecular weight excluding hydrogens is 288 g/mol. The van der Waals surface area contributed by atoms with Gasteiger partial charge in [0.25, 0.3) is 0 Å². The Balaban J connectivity index is 2.38. The highest BCUT2D eigenvalue weighted by Crippen LogP contribution is 2.24. The van der Waals surface area contributed by atoms with E-state index in [-0.39, 0.29) is 5.97 Å². The molecule has 1 aromatic carbocycles. The van der Waals surface area contributed by atoms with Gasteiger partial charge in [-0.05, 0) is 45.9 Å². The van der Waals surface area contributed by atoms with E-state index < -0.39 is 0 Å². The van der Waals surface area contributed by atoms with Crippen molar-refractivity contribution in [3.05, 3.63) is 64.6 Å². The molecule has 0 aliphatic rings. The average Bonchev–Trinajstić information content (AvgIpc) is 2.90. The summed E-state index contributed by atoms with van der Waals surface area (Å²) in [7, 11) is 0. The summed E-state index contributed by atoms with van der Waals surface area (Å²) in [6, 6.07) is 11.5. The van der Waals surface area contributed by atoms with E-state index >= 15 is 0 Å². The summed E-state index contributed by atoms with van der Waals surface area (Å²) in [6.07, 6.45) is 0. The molecule has 0 amide bonds. The molecule has 1 heterocycles. The van der Waals surface area contributed by atoms with Crippen LogP contribution in [0.4, 0.5) is 0 Å². The third-order valence-electron chi connectivity index (χ3n) is 3.27. The lowest BCUT2D eigenvalue weighted by atomic mass is 10.1. The molecule has 118 valence electrons. The number of carbonyl (C=O) groups is 1. The minimum atomic E-state index is -0.371. The number of carbonyl (C=O) groups excluding carboxylic acids is 1. The predicted molar refractivity (Wildman–Crippen MR) is 91.0 cm³/mol. The standard InChI is InChI=1S/C20H20O3/c1-5-22-20(21)18-13-19(23-15(18)4)17(14(2)3)12-11-16-9-7-6-8-10-16/h6-10,13H,5H2,1-4H3. The molecule has 0 atom stereocenters. The van der Waals surface area contributed by atoms with Gasteiger partial charge in [0.05, 0.1) is 12.2 Å². The molecule has 2 aromatic rings. The number of rotatable bonds is 3. The highest BCUT2D eigenvalue weighted by Gasteiger charge is 2.18. The van der Waals surface area contributed by atoms with Gasteiger partial charge in [-0.25, -0.2) is 4.79 Å². The van der Waals surface area contributed by atoms with Gasteiger partial charge in [-0.2, -0.15) is 0 Å². The highest BCUT2D eigenvalue weighted by atomic mass is 16.5. The van der Waals surface area contributed by atoms with Crippen LogP contribution in [0.1, 0.15) is 48.2 Å². The fourth-order valence-electron chi connectivity index (χ4n) is 2.11. The Bertz CT molecular complexity index is 779. The number of benzene rings is 1. The van der Waals surface area contributed by atoms with Crippen molar-refractivity contribution in [2.75, 3.05) is 6.61 Å². The fraction of sp³-hybridized carbons (Fsp3) is 0.250. The third kappa shape index (κ3) is 4.14. The van der Waals surface area contributed by atoms with Crippen molar-refractivity contribution in [1.82, 2.24) is 0 Å². The number of ether oxygens (including phenoxy) is 1. The van der Waals surface area contributed by atoms with Crippen LogP contribution in [0.15, 0.2) is 46.4 Å². The van der Waals surface area contributed by atoms with E-state index in [0.29, 0.717) is 23.7 Å². The number of furan rings is 1. The van der Waals surface area contributed by atoms with Crippen LogP contribution in [0.3, 0.4) is 0 Å². The summed E-state index contributed by atoms with van der Waals surface area (Å²) in [6.45, 7) is 7.81. The third-order valence-corrected chi connectivity index (χ3v) is 3.27. The van der Waals surface area contributed by atoms with Gasteiger partial charge < -0.3 is 9.15 Å². The van der Waals surface area contributed by atoms with Gasteiger partial charge in [-0.3, -0.25) is 0 Å². The van der Waals surface area contributed by atoms with Crippen LogP contribution < -0.4 is 0 Å². The molecule has 3 nitrogen and oxygen atoms in total. The molecule has 0 fully saturated rings. The van der Waals surface area contributed by atoms with E-state index in [1.165, 1.54) is 0 Å². The van der Waals surface area contributed by atoms with Gasteiger partial charge in [0.1, 0.15) is 17.1 Å². The maximum absolute atomic E-state index is 11.9. The normalized spacial score (nSPS) is 9.74. The molecule has 0 saturated heterocycles. The van der Waals surface area contributed by atoms with Crippen LogP contribution in [-0.2, 0) is 4.74 Å². The van der Waals surface area contributed by atoms with Gasteiger partial charge in [0.2, 0.25) is 0 Å². The zero-order valence-corrected chi connectivity index (χ0v) is 13.9. The van der Waals surface area contributed by atoms with Crippen molar-refractivity contribution in [3.8, 4) is 11.8 Å². The predicted octanol–water partition coefficient (Wildman–Crippen LogP) is 4.61. The molecule has 0 N–H and O–H groups in total. The molecule has 0 spiro atoms. The second-order valence-corrected chi connectivity index (χ2v) is 5.29. The number of hydrogen-bond acceptors (Lipinski definition) is 3. The Labute approximate surface area is 137 Å². The molecule has 0 unspecified atom stereocenters. The molecule has 0 aliphatic carbocycles. The second-order valence-electron chi connectivity index (χ2n) is 5.29. The summed E-state index contributed by atoms with van der Waals surface area (Å²) in [4.78, 5) is 11.9. The summed E-state index contributed by atoms with van der Waals surface area (Å²) < 4.78 is 10.8. The van der Waals surface area contributed by atoms with Crippen molar-refractivity contribution in [1.29, 1.82) is 0 Å². The lowest BCUT2D eigenvalue weighted by Crippen LogP contribution is -2.04. The van der Waals surface area contributed by atoms with Crippen LogP contribution in [0.2, 0.25) is 0 Å². The molecule has 0 saturated carbocycles. The Morgan fingerprint density at radius 1 is 1.22 bits per heavy atom. The summed E-state index contributed by atoms with van der Waals surface area (Å²) in [5, 5.41) is 0.